The molecule has 0 fully saturated rings. The molecule has 4 aromatic rings. The quantitative estimate of drug-likeness (QED) is 0.304. The Morgan fingerprint density at radius 3 is 1.95 bits per heavy atom. The number of hydrogen-bond acceptors (Lipinski definition) is 5. The van der Waals surface area contributed by atoms with Crippen LogP contribution in [0.3, 0.4) is 0 Å². The number of alkyl halides is 3. The molecule has 1 unspecified atom stereocenters. The molecule has 2 amide bonds. The van der Waals surface area contributed by atoms with Gasteiger partial charge in [0, 0.05) is 12.0 Å². The van der Waals surface area contributed by atoms with Crippen LogP contribution in [-0.4, -0.2) is 39.4 Å². The first-order valence-corrected chi connectivity index (χ1v) is 12.5. The number of anilines is 1. The Kier molecular flexibility index (Phi) is 9.08. The molecule has 8 nitrogen and oxygen atoms in total. The van der Waals surface area contributed by atoms with E-state index in [1.54, 1.807) is 78.9 Å². The van der Waals surface area contributed by atoms with Gasteiger partial charge < -0.3 is 10.6 Å². The molecular weight excluding hydrogens is 537 g/mol. The monoisotopic (exact) mass is 562 g/mol. The fraction of sp³-hybridized carbons (Fsp3) is 0.167. The maximum absolute atomic E-state index is 13.4. The van der Waals surface area contributed by atoms with Gasteiger partial charge >= 0.3 is 6.18 Å². The number of halogens is 3. The lowest BCUT2D eigenvalue weighted by molar-refractivity contribution is -0.173. The Balaban J connectivity index is 1.62. The Labute approximate surface area is 232 Å². The number of nitrogens with one attached hydrogen (secondary N) is 2. The van der Waals surface area contributed by atoms with Crippen molar-refractivity contribution in [1.82, 2.24) is 14.9 Å². The number of rotatable bonds is 10. The second-order valence-electron chi connectivity index (χ2n) is 9.14. The first kappa shape index (κ1) is 28.9. The number of hydrogen-bond donors (Lipinski definition) is 2. The van der Waals surface area contributed by atoms with Gasteiger partial charge in [0.2, 0.25) is 11.8 Å². The zero-order valence-corrected chi connectivity index (χ0v) is 21.6. The highest BCUT2D eigenvalue weighted by molar-refractivity contribution is 5.93. The zero-order valence-electron chi connectivity index (χ0n) is 21.6. The minimum Gasteiger partial charge on any atom is -0.344 e. The van der Waals surface area contributed by atoms with E-state index in [0.717, 1.165) is 10.8 Å². The third kappa shape index (κ3) is 7.75. The number of aromatic nitrogens is 2. The van der Waals surface area contributed by atoms with Crippen LogP contribution in [0, 0.1) is 0 Å². The van der Waals surface area contributed by atoms with E-state index in [1.165, 1.54) is 12.1 Å². The van der Waals surface area contributed by atoms with Gasteiger partial charge in [-0.1, -0.05) is 91.0 Å². The second-order valence-corrected chi connectivity index (χ2v) is 9.14. The van der Waals surface area contributed by atoms with E-state index in [9.17, 15) is 32.3 Å². The van der Waals surface area contributed by atoms with Crippen molar-refractivity contribution in [1.29, 1.82) is 0 Å². The molecule has 0 aliphatic carbocycles. The molecule has 41 heavy (non-hydrogen) atoms. The number of ketones is 1. The summed E-state index contributed by atoms with van der Waals surface area (Å²) in [4.78, 5) is 55.5. The van der Waals surface area contributed by atoms with Gasteiger partial charge in [-0.05, 0) is 11.1 Å². The van der Waals surface area contributed by atoms with Gasteiger partial charge in [-0.2, -0.15) is 13.2 Å². The maximum Gasteiger partial charge on any atom is 0.452 e. The molecule has 210 valence electrons. The lowest BCUT2D eigenvalue weighted by atomic mass is 10.0. The number of carbonyl (C=O) groups excluding carboxylic acids is 3. The number of Topliss-reactive ketones (excluding diaryl/α,β-unsaturated/α-hetero) is 1. The average Bonchev–Trinajstić information content (AvgIpc) is 2.95. The Morgan fingerprint density at radius 2 is 1.37 bits per heavy atom. The summed E-state index contributed by atoms with van der Waals surface area (Å²) in [6.07, 6.45) is -4.46. The van der Waals surface area contributed by atoms with E-state index < -0.39 is 48.3 Å². The van der Waals surface area contributed by atoms with Crippen LogP contribution in [0.25, 0.3) is 11.4 Å². The number of amides is 2. The summed E-state index contributed by atoms with van der Waals surface area (Å²) in [7, 11) is 0. The molecule has 2 N–H and O–H groups in total. The summed E-state index contributed by atoms with van der Waals surface area (Å²) in [6.45, 7) is -0.755. The number of benzene rings is 3. The fourth-order valence-corrected chi connectivity index (χ4v) is 4.16. The van der Waals surface area contributed by atoms with E-state index >= 15 is 0 Å². The van der Waals surface area contributed by atoms with Crippen LogP contribution in [0.4, 0.5) is 18.9 Å². The number of nitrogens with zero attached hydrogens (tertiary/aromatic N) is 2. The third-order valence-electron chi connectivity index (χ3n) is 6.08. The largest absolute Gasteiger partial charge is 0.452 e. The molecule has 0 aliphatic rings. The molecule has 1 aromatic heterocycles. The standard InChI is InChI=1S/C30H25F3N4O4/c31-30(32,33)27(40)23(16-20-10-4-1-5-11-20)35-26(39)19-37-28(22-14-8-3-9-15-22)34-18-24(29(37)41)36-25(38)17-21-12-6-2-7-13-21/h1-15,18,23H,16-17,19H2,(H,35,39)(H,36,38). The highest BCUT2D eigenvalue weighted by Crippen LogP contribution is 2.21. The van der Waals surface area contributed by atoms with Crippen molar-refractivity contribution in [2.45, 2.75) is 31.6 Å². The van der Waals surface area contributed by atoms with Crippen molar-refractivity contribution in [3.05, 3.63) is 119 Å². The van der Waals surface area contributed by atoms with Crippen LogP contribution in [0.15, 0.2) is 102 Å². The van der Waals surface area contributed by atoms with E-state index in [2.05, 4.69) is 15.6 Å². The Morgan fingerprint density at radius 1 is 0.805 bits per heavy atom. The molecule has 0 spiro atoms. The molecule has 11 heteroatoms. The summed E-state index contributed by atoms with van der Waals surface area (Å²) < 4.78 is 41.0. The summed E-state index contributed by atoms with van der Waals surface area (Å²) in [5.74, 6) is -3.59. The van der Waals surface area contributed by atoms with Crippen LogP contribution in [0.1, 0.15) is 11.1 Å². The predicted molar refractivity (Wildman–Crippen MR) is 146 cm³/mol. The molecule has 1 heterocycles. The lowest BCUT2D eigenvalue weighted by Gasteiger charge is -2.20. The molecule has 0 radical (unpaired) electrons. The average molecular weight is 563 g/mol. The van der Waals surface area contributed by atoms with E-state index in [1.807, 2.05) is 0 Å². The number of carbonyl (C=O) groups is 3. The molecule has 3 aromatic carbocycles. The molecule has 0 bridgehead atoms. The van der Waals surface area contributed by atoms with Crippen molar-refractivity contribution in [3.8, 4) is 11.4 Å². The maximum atomic E-state index is 13.4. The zero-order chi connectivity index (χ0) is 29.4. The van der Waals surface area contributed by atoms with Crippen molar-refractivity contribution >= 4 is 23.3 Å². The van der Waals surface area contributed by atoms with Gasteiger partial charge in [0.05, 0.1) is 12.6 Å². The van der Waals surface area contributed by atoms with Crippen LogP contribution < -0.4 is 16.2 Å². The molecule has 0 saturated heterocycles. The summed E-state index contributed by atoms with van der Waals surface area (Å²) in [6, 6.07) is 23.2. The van der Waals surface area contributed by atoms with Crippen LogP contribution in [0.2, 0.25) is 0 Å². The van der Waals surface area contributed by atoms with Gasteiger partial charge in [-0.3, -0.25) is 23.7 Å². The minimum absolute atomic E-state index is 0.0259. The van der Waals surface area contributed by atoms with Crippen molar-refractivity contribution < 1.29 is 27.6 Å². The first-order chi connectivity index (χ1) is 19.6. The van der Waals surface area contributed by atoms with Crippen molar-refractivity contribution in [2.24, 2.45) is 0 Å². The smallest absolute Gasteiger partial charge is 0.344 e. The van der Waals surface area contributed by atoms with E-state index in [0.29, 0.717) is 16.7 Å². The highest BCUT2D eigenvalue weighted by atomic mass is 19.4. The normalized spacial score (nSPS) is 11.9. The topological polar surface area (TPSA) is 110 Å². The highest BCUT2D eigenvalue weighted by Gasteiger charge is 2.44. The third-order valence-corrected chi connectivity index (χ3v) is 6.08. The van der Waals surface area contributed by atoms with Crippen LogP contribution in [0.5, 0.6) is 0 Å². The van der Waals surface area contributed by atoms with E-state index in [4.69, 9.17) is 0 Å². The van der Waals surface area contributed by atoms with Gasteiger partial charge in [0.25, 0.3) is 11.3 Å². The van der Waals surface area contributed by atoms with Gasteiger partial charge in [0.1, 0.15) is 24.1 Å². The lowest BCUT2D eigenvalue weighted by Crippen LogP contribution is -2.49. The van der Waals surface area contributed by atoms with Crippen LogP contribution in [-0.2, 0) is 33.8 Å². The predicted octanol–water partition coefficient (Wildman–Crippen LogP) is 3.95. The summed E-state index contributed by atoms with van der Waals surface area (Å²) in [5, 5.41) is 4.63. The molecule has 0 saturated carbocycles. The van der Waals surface area contributed by atoms with Crippen LogP contribution >= 0.6 is 0 Å². The van der Waals surface area contributed by atoms with Crippen molar-refractivity contribution in [2.75, 3.05) is 5.32 Å². The Bertz CT molecular complexity index is 1570. The molecule has 4 rings (SSSR count). The van der Waals surface area contributed by atoms with Gasteiger partial charge in [0.15, 0.2) is 0 Å². The Hall–Kier alpha value is -5.06. The van der Waals surface area contributed by atoms with E-state index in [-0.39, 0.29) is 17.9 Å². The molecular formula is C30H25F3N4O4. The minimum atomic E-state index is -5.19. The summed E-state index contributed by atoms with van der Waals surface area (Å²) in [5.41, 5.74) is 0.550. The molecule has 0 aliphatic heterocycles. The van der Waals surface area contributed by atoms with Gasteiger partial charge in [-0.25, -0.2) is 4.98 Å². The first-order valence-electron chi connectivity index (χ1n) is 12.5. The van der Waals surface area contributed by atoms with Crippen molar-refractivity contribution in [3.63, 3.8) is 0 Å². The van der Waals surface area contributed by atoms with Gasteiger partial charge in [-0.15, -0.1) is 0 Å². The second kappa shape index (κ2) is 12.9. The fourth-order valence-electron chi connectivity index (χ4n) is 4.16. The SMILES string of the molecule is O=C(Cc1ccccc1)Nc1cnc(-c2ccccc2)n(CC(=O)NC(Cc2ccccc2)C(=O)C(F)(F)F)c1=O. The summed E-state index contributed by atoms with van der Waals surface area (Å²) >= 11 is 0. The molecule has 1 atom stereocenters.